The molecule has 18 heavy (non-hydrogen) atoms. The Hall–Kier alpha value is -0.410. The summed E-state index contributed by atoms with van der Waals surface area (Å²) in [4.78, 5) is 11.4. The largest absolute Gasteiger partial charge is 0.393 e. The number of hydrogen-bond donors (Lipinski definition) is 1. The standard InChI is InChI=1S/C15H30O3/c1-3-4-9-14(16)11-8-12-15(17)10-6-5-7-13-18-2/h15,17H,3-13H2,1-2H3. The zero-order valence-electron chi connectivity index (χ0n) is 12.1. The number of aliphatic hydroxyl groups excluding tert-OH is 1. The molecular formula is C15H30O3. The van der Waals surface area contributed by atoms with Gasteiger partial charge >= 0.3 is 0 Å². The lowest BCUT2D eigenvalue weighted by molar-refractivity contribution is -0.119. The van der Waals surface area contributed by atoms with Crippen LogP contribution in [0.2, 0.25) is 0 Å². The monoisotopic (exact) mass is 258 g/mol. The first-order valence-electron chi connectivity index (χ1n) is 7.39. The molecule has 0 spiro atoms. The van der Waals surface area contributed by atoms with Gasteiger partial charge in [-0.25, -0.2) is 0 Å². The smallest absolute Gasteiger partial charge is 0.132 e. The third kappa shape index (κ3) is 12.1. The Kier molecular flexibility index (Phi) is 12.7. The molecule has 0 heterocycles. The molecule has 0 aliphatic rings. The van der Waals surface area contributed by atoms with Crippen molar-refractivity contribution >= 4 is 5.78 Å². The molecule has 0 aromatic rings. The van der Waals surface area contributed by atoms with E-state index in [0.717, 1.165) is 58.0 Å². The summed E-state index contributed by atoms with van der Waals surface area (Å²) in [5, 5.41) is 9.75. The van der Waals surface area contributed by atoms with Crippen molar-refractivity contribution in [2.75, 3.05) is 13.7 Å². The van der Waals surface area contributed by atoms with Gasteiger partial charge in [-0.3, -0.25) is 4.79 Å². The number of methoxy groups -OCH3 is 1. The normalized spacial score (nSPS) is 12.6. The minimum absolute atomic E-state index is 0.230. The van der Waals surface area contributed by atoms with E-state index in [1.165, 1.54) is 0 Å². The van der Waals surface area contributed by atoms with Crippen molar-refractivity contribution in [3.05, 3.63) is 0 Å². The average molecular weight is 258 g/mol. The van der Waals surface area contributed by atoms with Crippen LogP contribution in [0, 0.1) is 0 Å². The van der Waals surface area contributed by atoms with Crippen molar-refractivity contribution in [3.8, 4) is 0 Å². The number of ketones is 1. The maximum atomic E-state index is 11.4. The highest BCUT2D eigenvalue weighted by molar-refractivity contribution is 5.78. The van der Waals surface area contributed by atoms with E-state index in [1.54, 1.807) is 7.11 Å². The van der Waals surface area contributed by atoms with E-state index in [1.807, 2.05) is 0 Å². The molecule has 0 bridgehead atoms. The van der Waals surface area contributed by atoms with Crippen LogP contribution in [0.1, 0.15) is 71.1 Å². The van der Waals surface area contributed by atoms with Gasteiger partial charge in [0.05, 0.1) is 6.10 Å². The van der Waals surface area contributed by atoms with Crippen molar-refractivity contribution < 1.29 is 14.6 Å². The second-order valence-corrected chi connectivity index (χ2v) is 5.03. The van der Waals surface area contributed by atoms with E-state index < -0.39 is 0 Å². The van der Waals surface area contributed by atoms with E-state index in [2.05, 4.69) is 6.92 Å². The van der Waals surface area contributed by atoms with E-state index in [9.17, 15) is 9.90 Å². The highest BCUT2D eigenvalue weighted by Crippen LogP contribution is 2.11. The first-order valence-corrected chi connectivity index (χ1v) is 7.39. The number of Topliss-reactive ketones (excluding diaryl/α,β-unsaturated/α-hetero) is 1. The number of rotatable bonds is 13. The van der Waals surface area contributed by atoms with Gasteiger partial charge in [0.25, 0.3) is 0 Å². The second-order valence-electron chi connectivity index (χ2n) is 5.03. The van der Waals surface area contributed by atoms with E-state index in [-0.39, 0.29) is 6.10 Å². The Morgan fingerprint density at radius 1 is 1.06 bits per heavy atom. The molecule has 0 aromatic heterocycles. The molecule has 0 radical (unpaired) electrons. The molecule has 0 fully saturated rings. The Bertz CT molecular complexity index is 192. The van der Waals surface area contributed by atoms with Crippen LogP contribution in [0.15, 0.2) is 0 Å². The zero-order valence-corrected chi connectivity index (χ0v) is 12.1. The summed E-state index contributed by atoms with van der Waals surface area (Å²) in [6, 6.07) is 0. The lowest BCUT2D eigenvalue weighted by atomic mass is 10.0. The second kappa shape index (κ2) is 13.0. The number of aliphatic hydroxyl groups is 1. The average Bonchev–Trinajstić information content (AvgIpc) is 2.36. The van der Waals surface area contributed by atoms with Gasteiger partial charge in [-0.1, -0.05) is 26.2 Å². The van der Waals surface area contributed by atoms with E-state index >= 15 is 0 Å². The van der Waals surface area contributed by atoms with Crippen LogP contribution in [0.4, 0.5) is 0 Å². The summed E-state index contributed by atoms with van der Waals surface area (Å²) < 4.78 is 4.97. The number of carbonyl (C=O) groups is 1. The highest BCUT2D eigenvalue weighted by Gasteiger charge is 2.06. The van der Waals surface area contributed by atoms with Crippen LogP contribution in [0.5, 0.6) is 0 Å². The fourth-order valence-electron chi connectivity index (χ4n) is 1.98. The summed E-state index contributed by atoms with van der Waals surface area (Å²) in [7, 11) is 1.71. The van der Waals surface area contributed by atoms with Crippen LogP contribution < -0.4 is 0 Å². The lowest BCUT2D eigenvalue weighted by Crippen LogP contribution is -2.08. The van der Waals surface area contributed by atoms with Crippen molar-refractivity contribution in [2.24, 2.45) is 0 Å². The van der Waals surface area contributed by atoms with Crippen molar-refractivity contribution in [1.82, 2.24) is 0 Å². The van der Waals surface area contributed by atoms with Crippen molar-refractivity contribution in [1.29, 1.82) is 0 Å². The predicted molar refractivity (Wildman–Crippen MR) is 74.7 cm³/mol. The lowest BCUT2D eigenvalue weighted by Gasteiger charge is -2.09. The molecule has 0 aromatic carbocycles. The first-order chi connectivity index (χ1) is 8.70. The Morgan fingerprint density at radius 2 is 1.72 bits per heavy atom. The fraction of sp³-hybridized carbons (Fsp3) is 0.933. The number of hydrogen-bond acceptors (Lipinski definition) is 3. The molecule has 1 atom stereocenters. The van der Waals surface area contributed by atoms with Crippen LogP contribution >= 0.6 is 0 Å². The van der Waals surface area contributed by atoms with Crippen molar-refractivity contribution in [3.63, 3.8) is 0 Å². The topological polar surface area (TPSA) is 46.5 Å². The molecular weight excluding hydrogens is 228 g/mol. The SMILES string of the molecule is CCCCC(=O)CCCC(O)CCCCCOC. The molecule has 3 heteroatoms. The molecule has 0 aliphatic heterocycles. The Balaban J connectivity index is 3.30. The van der Waals surface area contributed by atoms with Crippen LogP contribution in [0.25, 0.3) is 0 Å². The quantitative estimate of drug-likeness (QED) is 0.514. The minimum atomic E-state index is -0.230. The Labute approximate surface area is 112 Å². The first kappa shape index (κ1) is 17.6. The molecule has 1 unspecified atom stereocenters. The molecule has 0 saturated heterocycles. The van der Waals surface area contributed by atoms with Gasteiger partial charge in [-0.2, -0.15) is 0 Å². The van der Waals surface area contributed by atoms with Gasteiger partial charge in [0.15, 0.2) is 0 Å². The third-order valence-electron chi connectivity index (χ3n) is 3.19. The minimum Gasteiger partial charge on any atom is -0.393 e. The van der Waals surface area contributed by atoms with Crippen LogP contribution in [-0.2, 0) is 9.53 Å². The summed E-state index contributed by atoms with van der Waals surface area (Å²) in [6.07, 6.45) is 8.89. The van der Waals surface area contributed by atoms with Gasteiger partial charge in [0.1, 0.15) is 5.78 Å². The summed E-state index contributed by atoms with van der Waals surface area (Å²) in [6.45, 7) is 2.91. The Morgan fingerprint density at radius 3 is 2.39 bits per heavy atom. The maximum Gasteiger partial charge on any atom is 0.132 e. The highest BCUT2D eigenvalue weighted by atomic mass is 16.5. The van der Waals surface area contributed by atoms with Crippen molar-refractivity contribution in [2.45, 2.75) is 77.2 Å². The molecule has 0 saturated carbocycles. The summed E-state index contributed by atoms with van der Waals surface area (Å²) >= 11 is 0. The number of carbonyl (C=O) groups excluding carboxylic acids is 1. The van der Waals surface area contributed by atoms with E-state index in [4.69, 9.17) is 4.74 Å². The summed E-state index contributed by atoms with van der Waals surface area (Å²) in [5.41, 5.74) is 0. The van der Waals surface area contributed by atoms with Gasteiger partial charge in [0, 0.05) is 26.6 Å². The van der Waals surface area contributed by atoms with Gasteiger partial charge < -0.3 is 9.84 Å². The number of unbranched alkanes of at least 4 members (excludes halogenated alkanes) is 3. The summed E-state index contributed by atoms with van der Waals surface area (Å²) in [5.74, 6) is 0.351. The molecule has 108 valence electrons. The molecule has 0 amide bonds. The third-order valence-corrected chi connectivity index (χ3v) is 3.19. The van der Waals surface area contributed by atoms with Crippen LogP contribution in [0.3, 0.4) is 0 Å². The van der Waals surface area contributed by atoms with Gasteiger partial charge in [-0.15, -0.1) is 0 Å². The fourth-order valence-corrected chi connectivity index (χ4v) is 1.98. The molecule has 0 aliphatic carbocycles. The molecule has 3 nitrogen and oxygen atoms in total. The molecule has 1 N–H and O–H groups in total. The number of ether oxygens (including phenoxy) is 1. The maximum absolute atomic E-state index is 11.4. The predicted octanol–water partition coefficient (Wildman–Crippen LogP) is 3.48. The van der Waals surface area contributed by atoms with E-state index in [0.29, 0.717) is 18.6 Å². The molecule has 0 rings (SSSR count). The zero-order chi connectivity index (χ0) is 13.6. The van der Waals surface area contributed by atoms with Gasteiger partial charge in [-0.05, 0) is 32.1 Å². The van der Waals surface area contributed by atoms with Gasteiger partial charge in [0.2, 0.25) is 0 Å². The van der Waals surface area contributed by atoms with Crippen LogP contribution in [-0.4, -0.2) is 30.7 Å².